The van der Waals surface area contributed by atoms with E-state index in [0.717, 1.165) is 21.8 Å². The Hall–Kier alpha value is -3.65. The molecule has 0 saturated heterocycles. The van der Waals surface area contributed by atoms with Crippen molar-refractivity contribution in [3.63, 3.8) is 0 Å². The molecule has 0 aliphatic rings. The molecule has 4 rings (SSSR count). The lowest BCUT2D eigenvalue weighted by Gasteiger charge is -2.09. The second-order valence-corrected chi connectivity index (χ2v) is 5.97. The minimum absolute atomic E-state index is 0.187. The largest absolute Gasteiger partial charge is 0.486 e. The molecule has 0 unspecified atom stereocenters. The van der Waals surface area contributed by atoms with E-state index < -0.39 is 5.92 Å². The predicted octanol–water partition coefficient (Wildman–Crippen LogP) is 3.97. The minimum atomic E-state index is -0.983. The molecular formula is C21H15N3O2. The zero-order valence-electron chi connectivity index (χ0n) is 13.8. The lowest BCUT2D eigenvalue weighted by Crippen LogP contribution is -2.20. The third-order valence-electron chi connectivity index (χ3n) is 4.23. The number of Topliss-reactive ketones (excluding diaryl/α,β-unsaturated/α-hetero) is 1. The normalized spacial score (nSPS) is 12.0. The Morgan fingerprint density at radius 2 is 1.85 bits per heavy atom. The molecule has 0 spiro atoms. The Morgan fingerprint density at radius 3 is 2.65 bits per heavy atom. The number of hydrogen-bond donors (Lipinski definition) is 1. The van der Waals surface area contributed by atoms with Crippen LogP contribution in [-0.2, 0) is 4.79 Å². The fraction of sp³-hybridized carbons (Fsp3) is 0.0952. The third kappa shape index (κ3) is 3.01. The first kappa shape index (κ1) is 15.9. The molecular weight excluding hydrogens is 326 g/mol. The summed E-state index contributed by atoms with van der Waals surface area (Å²) in [7, 11) is 0. The number of carbonyl (C=O) groups is 1. The molecule has 0 fully saturated rings. The van der Waals surface area contributed by atoms with Gasteiger partial charge < -0.3 is 9.72 Å². The highest BCUT2D eigenvalue weighted by Crippen LogP contribution is 2.22. The van der Waals surface area contributed by atoms with Gasteiger partial charge in [-0.1, -0.05) is 42.5 Å². The maximum Gasteiger partial charge on any atom is 0.194 e. The maximum absolute atomic E-state index is 12.5. The van der Waals surface area contributed by atoms with Gasteiger partial charge in [0.15, 0.2) is 11.7 Å². The Kier molecular flexibility index (Phi) is 4.08. The van der Waals surface area contributed by atoms with Crippen molar-refractivity contribution in [2.75, 3.05) is 6.61 Å². The average molecular weight is 341 g/mol. The van der Waals surface area contributed by atoms with Crippen LogP contribution in [0.15, 0.2) is 66.7 Å². The summed E-state index contributed by atoms with van der Waals surface area (Å²) in [6, 6.07) is 23.0. The predicted molar refractivity (Wildman–Crippen MR) is 98.9 cm³/mol. The molecule has 1 atom stereocenters. The van der Waals surface area contributed by atoms with Gasteiger partial charge in [0.1, 0.15) is 18.2 Å². The zero-order valence-corrected chi connectivity index (χ0v) is 13.8. The van der Waals surface area contributed by atoms with Crippen molar-refractivity contribution in [2.24, 2.45) is 0 Å². The van der Waals surface area contributed by atoms with Crippen molar-refractivity contribution in [3.8, 4) is 11.8 Å². The number of H-pyrrole nitrogens is 1. The molecule has 1 N–H and O–H groups in total. The van der Waals surface area contributed by atoms with Crippen molar-refractivity contribution in [2.45, 2.75) is 5.92 Å². The lowest BCUT2D eigenvalue weighted by atomic mass is 10.1. The van der Waals surface area contributed by atoms with Crippen LogP contribution in [0.2, 0.25) is 0 Å². The SMILES string of the molecule is N#C[C@H](C(=O)COc1ccc2ccccc2c1)c1nc2ccccc2[nH]1. The Labute approximate surface area is 149 Å². The van der Waals surface area contributed by atoms with Crippen molar-refractivity contribution in [1.29, 1.82) is 5.26 Å². The number of aromatic nitrogens is 2. The number of benzene rings is 3. The first-order valence-electron chi connectivity index (χ1n) is 8.23. The van der Waals surface area contributed by atoms with Crippen LogP contribution in [0.25, 0.3) is 21.8 Å². The molecule has 1 aromatic heterocycles. The monoisotopic (exact) mass is 341 g/mol. The highest BCUT2D eigenvalue weighted by molar-refractivity contribution is 5.90. The quantitative estimate of drug-likeness (QED) is 0.596. The van der Waals surface area contributed by atoms with E-state index in [-0.39, 0.29) is 12.4 Å². The van der Waals surface area contributed by atoms with Gasteiger partial charge in [-0.3, -0.25) is 4.79 Å². The summed E-state index contributed by atoms with van der Waals surface area (Å²) in [5.74, 6) is -0.373. The van der Waals surface area contributed by atoms with E-state index >= 15 is 0 Å². The fourth-order valence-corrected chi connectivity index (χ4v) is 2.89. The van der Waals surface area contributed by atoms with E-state index in [4.69, 9.17) is 4.74 Å². The van der Waals surface area contributed by atoms with Gasteiger partial charge in [0.2, 0.25) is 0 Å². The second-order valence-electron chi connectivity index (χ2n) is 5.97. The van der Waals surface area contributed by atoms with Crippen LogP contribution >= 0.6 is 0 Å². The number of rotatable bonds is 5. The molecule has 0 amide bonds. The molecule has 5 heteroatoms. The molecule has 0 bridgehead atoms. The van der Waals surface area contributed by atoms with Crippen LogP contribution in [-0.4, -0.2) is 22.4 Å². The fourth-order valence-electron chi connectivity index (χ4n) is 2.89. The molecule has 1 heterocycles. The number of hydrogen-bond acceptors (Lipinski definition) is 4. The molecule has 0 radical (unpaired) electrons. The molecule has 4 aromatic rings. The van der Waals surface area contributed by atoms with Gasteiger partial charge in [-0.15, -0.1) is 0 Å². The van der Waals surface area contributed by atoms with E-state index in [9.17, 15) is 10.1 Å². The number of imidazole rings is 1. The van der Waals surface area contributed by atoms with Gasteiger partial charge in [-0.05, 0) is 35.0 Å². The van der Waals surface area contributed by atoms with Gasteiger partial charge in [0.25, 0.3) is 0 Å². The van der Waals surface area contributed by atoms with E-state index in [1.807, 2.05) is 72.8 Å². The number of ketones is 1. The topological polar surface area (TPSA) is 78.8 Å². The summed E-state index contributed by atoms with van der Waals surface area (Å²) < 4.78 is 5.61. The molecule has 0 aliphatic heterocycles. The number of nitrogens with zero attached hydrogens (tertiary/aromatic N) is 2. The lowest BCUT2D eigenvalue weighted by molar-refractivity contribution is -0.121. The van der Waals surface area contributed by atoms with Gasteiger partial charge in [-0.2, -0.15) is 5.26 Å². The standard InChI is InChI=1S/C21H15N3O2/c22-12-17(21-23-18-7-3-4-8-19(18)24-21)20(25)13-26-16-10-9-14-5-1-2-6-15(14)11-16/h1-11,17H,13H2,(H,23,24)/t17-/m1/s1. The number of para-hydroxylation sites is 2. The molecule has 5 nitrogen and oxygen atoms in total. The molecule has 26 heavy (non-hydrogen) atoms. The van der Waals surface area contributed by atoms with Gasteiger partial charge in [0, 0.05) is 0 Å². The molecule has 3 aromatic carbocycles. The Balaban J connectivity index is 1.51. The highest BCUT2D eigenvalue weighted by Gasteiger charge is 2.24. The zero-order chi connectivity index (χ0) is 17.9. The molecule has 126 valence electrons. The van der Waals surface area contributed by atoms with Gasteiger partial charge >= 0.3 is 0 Å². The van der Waals surface area contributed by atoms with Crippen molar-refractivity contribution in [1.82, 2.24) is 9.97 Å². The van der Waals surface area contributed by atoms with Gasteiger partial charge in [0.05, 0.1) is 17.1 Å². The number of carbonyl (C=O) groups excluding carboxylic acids is 1. The average Bonchev–Trinajstić information content (AvgIpc) is 3.10. The van der Waals surface area contributed by atoms with Crippen molar-refractivity contribution < 1.29 is 9.53 Å². The van der Waals surface area contributed by atoms with Crippen molar-refractivity contribution in [3.05, 3.63) is 72.6 Å². The second kappa shape index (κ2) is 6.69. The van der Waals surface area contributed by atoms with Crippen LogP contribution < -0.4 is 4.74 Å². The smallest absolute Gasteiger partial charge is 0.194 e. The minimum Gasteiger partial charge on any atom is -0.486 e. The van der Waals surface area contributed by atoms with E-state index in [0.29, 0.717) is 11.6 Å². The van der Waals surface area contributed by atoms with E-state index in [2.05, 4.69) is 9.97 Å². The summed E-state index contributed by atoms with van der Waals surface area (Å²) in [5.41, 5.74) is 1.52. The third-order valence-corrected chi connectivity index (χ3v) is 4.23. The van der Waals surface area contributed by atoms with Crippen LogP contribution in [0.4, 0.5) is 0 Å². The van der Waals surface area contributed by atoms with E-state index in [1.165, 1.54) is 0 Å². The number of aromatic amines is 1. The number of ether oxygens (including phenoxy) is 1. The first-order valence-corrected chi connectivity index (χ1v) is 8.23. The summed E-state index contributed by atoms with van der Waals surface area (Å²) >= 11 is 0. The van der Waals surface area contributed by atoms with Crippen molar-refractivity contribution >= 4 is 27.6 Å². The Morgan fingerprint density at radius 1 is 1.08 bits per heavy atom. The van der Waals surface area contributed by atoms with Gasteiger partial charge in [-0.25, -0.2) is 4.98 Å². The first-order chi connectivity index (χ1) is 12.7. The summed E-state index contributed by atoms with van der Waals surface area (Å²) in [5, 5.41) is 11.6. The molecule has 0 saturated carbocycles. The van der Waals surface area contributed by atoms with Crippen LogP contribution in [0.5, 0.6) is 5.75 Å². The van der Waals surface area contributed by atoms with E-state index in [1.54, 1.807) is 0 Å². The maximum atomic E-state index is 12.5. The van der Waals surface area contributed by atoms with Crippen LogP contribution in [0.1, 0.15) is 11.7 Å². The van der Waals surface area contributed by atoms with Crippen LogP contribution in [0, 0.1) is 11.3 Å². The number of fused-ring (bicyclic) bond motifs is 2. The summed E-state index contributed by atoms with van der Waals surface area (Å²) in [6.45, 7) is -0.187. The summed E-state index contributed by atoms with van der Waals surface area (Å²) in [6.07, 6.45) is 0. The Bertz CT molecular complexity index is 1110. The number of nitrogens with one attached hydrogen (secondary N) is 1. The highest BCUT2D eigenvalue weighted by atomic mass is 16.5. The summed E-state index contributed by atoms with van der Waals surface area (Å²) in [4.78, 5) is 19.9. The van der Waals surface area contributed by atoms with Crippen LogP contribution in [0.3, 0.4) is 0 Å². The molecule has 0 aliphatic carbocycles. The number of nitriles is 1.